The van der Waals surface area contributed by atoms with Gasteiger partial charge in [0.25, 0.3) is 0 Å². The molecule has 0 aliphatic rings. The SMILES string of the molecule is C=C(/C=C(C)\N=C(\C)C(C)CC)Oc1cc(C=N)ccc1-c1ccc(C(C)CN)cc1. The fourth-order valence-electron chi connectivity index (χ4n) is 3.20. The summed E-state index contributed by atoms with van der Waals surface area (Å²) in [5.74, 6) is 1.93. The first-order chi connectivity index (χ1) is 14.8. The van der Waals surface area contributed by atoms with E-state index < -0.39 is 0 Å². The Balaban J connectivity index is 2.32. The molecule has 4 nitrogen and oxygen atoms in total. The summed E-state index contributed by atoms with van der Waals surface area (Å²) in [6.45, 7) is 15.1. The van der Waals surface area contributed by atoms with Gasteiger partial charge in [-0.15, -0.1) is 0 Å². The van der Waals surface area contributed by atoms with Crippen LogP contribution in [-0.4, -0.2) is 18.5 Å². The van der Waals surface area contributed by atoms with Crippen LogP contribution in [0, 0.1) is 11.3 Å². The van der Waals surface area contributed by atoms with Crippen LogP contribution in [-0.2, 0) is 0 Å². The van der Waals surface area contributed by atoms with E-state index >= 15 is 0 Å². The van der Waals surface area contributed by atoms with E-state index in [1.807, 2.05) is 31.2 Å². The Hall–Kier alpha value is -2.98. The molecule has 4 heteroatoms. The molecule has 2 aromatic carbocycles. The van der Waals surface area contributed by atoms with Crippen LogP contribution >= 0.6 is 0 Å². The van der Waals surface area contributed by atoms with E-state index in [-0.39, 0.29) is 0 Å². The van der Waals surface area contributed by atoms with Gasteiger partial charge in [-0.1, -0.05) is 57.7 Å². The fourth-order valence-corrected chi connectivity index (χ4v) is 3.20. The largest absolute Gasteiger partial charge is 0.457 e. The molecule has 0 spiro atoms. The first-order valence-electron chi connectivity index (χ1n) is 10.8. The quantitative estimate of drug-likeness (QED) is 0.256. The lowest BCUT2D eigenvalue weighted by molar-refractivity contribution is 0.448. The van der Waals surface area contributed by atoms with Gasteiger partial charge in [-0.2, -0.15) is 0 Å². The molecule has 0 fully saturated rings. The highest BCUT2D eigenvalue weighted by molar-refractivity contribution is 5.85. The van der Waals surface area contributed by atoms with Crippen LogP contribution in [0.1, 0.15) is 58.1 Å². The van der Waals surface area contributed by atoms with E-state index in [9.17, 15) is 0 Å². The third kappa shape index (κ3) is 6.76. The maximum atomic E-state index is 7.60. The van der Waals surface area contributed by atoms with Crippen molar-refractivity contribution in [1.29, 1.82) is 5.41 Å². The summed E-state index contributed by atoms with van der Waals surface area (Å²) in [6.07, 6.45) is 4.22. The van der Waals surface area contributed by atoms with Crippen molar-refractivity contribution in [3.8, 4) is 16.9 Å². The van der Waals surface area contributed by atoms with Crippen LogP contribution in [0.25, 0.3) is 11.1 Å². The summed E-state index contributed by atoms with van der Waals surface area (Å²) in [7, 11) is 0. The van der Waals surface area contributed by atoms with Crippen molar-refractivity contribution in [2.45, 2.75) is 47.0 Å². The van der Waals surface area contributed by atoms with Gasteiger partial charge < -0.3 is 15.9 Å². The van der Waals surface area contributed by atoms with Gasteiger partial charge in [0, 0.05) is 29.3 Å². The number of nitrogens with zero attached hydrogens (tertiary/aromatic N) is 1. The standard InChI is InChI=1S/C27H35N3O/c1-7-18(2)22(6)30-20(4)14-21(5)31-27-15-23(17-29)8-13-26(27)25-11-9-24(10-12-25)19(3)16-28/h8-15,17-19,29H,5,7,16,28H2,1-4,6H3/b20-14-,29-17?,30-22-. The minimum absolute atomic E-state index is 0.317. The third-order valence-electron chi connectivity index (χ3n) is 5.61. The van der Waals surface area contributed by atoms with Gasteiger partial charge in [0.05, 0.1) is 0 Å². The molecular formula is C27H35N3O. The van der Waals surface area contributed by atoms with Gasteiger partial charge in [-0.05, 0) is 67.5 Å². The third-order valence-corrected chi connectivity index (χ3v) is 5.61. The molecule has 0 saturated carbocycles. The Labute approximate surface area is 187 Å². The molecule has 0 amide bonds. The molecule has 2 rings (SSSR count). The molecule has 0 aliphatic heterocycles. The van der Waals surface area contributed by atoms with Crippen molar-refractivity contribution in [1.82, 2.24) is 0 Å². The zero-order valence-electron chi connectivity index (χ0n) is 19.4. The summed E-state index contributed by atoms with van der Waals surface area (Å²) in [6, 6.07) is 14.1. The van der Waals surface area contributed by atoms with E-state index in [1.165, 1.54) is 11.8 Å². The molecule has 0 bridgehead atoms. The zero-order chi connectivity index (χ0) is 23.0. The first-order valence-corrected chi connectivity index (χ1v) is 10.8. The monoisotopic (exact) mass is 417 g/mol. The summed E-state index contributed by atoms with van der Waals surface area (Å²) >= 11 is 0. The van der Waals surface area contributed by atoms with Crippen LogP contribution in [0.2, 0.25) is 0 Å². The van der Waals surface area contributed by atoms with Crippen molar-refractivity contribution >= 4 is 11.9 Å². The minimum Gasteiger partial charge on any atom is -0.457 e. The molecule has 0 radical (unpaired) electrons. The topological polar surface area (TPSA) is 71.5 Å². The Bertz CT molecular complexity index is 970. The maximum Gasteiger partial charge on any atom is 0.135 e. The van der Waals surface area contributed by atoms with Crippen molar-refractivity contribution in [3.63, 3.8) is 0 Å². The molecule has 3 N–H and O–H groups in total. The molecule has 2 unspecified atom stereocenters. The number of nitrogens with two attached hydrogens (primary N) is 1. The van der Waals surface area contributed by atoms with Gasteiger partial charge in [0.2, 0.25) is 0 Å². The van der Waals surface area contributed by atoms with Crippen LogP contribution in [0.15, 0.2) is 71.6 Å². The summed E-state index contributed by atoms with van der Waals surface area (Å²) < 4.78 is 6.12. The van der Waals surface area contributed by atoms with Crippen LogP contribution in [0.4, 0.5) is 0 Å². The van der Waals surface area contributed by atoms with E-state index in [0.29, 0.717) is 29.9 Å². The molecule has 2 aromatic rings. The Morgan fingerprint density at radius 2 is 1.84 bits per heavy atom. The number of allylic oxidation sites excluding steroid dienone is 2. The molecule has 0 heterocycles. The average Bonchev–Trinajstić information content (AvgIpc) is 2.77. The van der Waals surface area contributed by atoms with E-state index in [0.717, 1.165) is 34.5 Å². The second kappa shape index (κ2) is 11.4. The number of nitrogens with one attached hydrogen (secondary N) is 1. The lowest BCUT2D eigenvalue weighted by Gasteiger charge is -2.14. The Morgan fingerprint density at radius 1 is 1.16 bits per heavy atom. The smallest absolute Gasteiger partial charge is 0.135 e. The number of ether oxygens (including phenoxy) is 1. The lowest BCUT2D eigenvalue weighted by Crippen LogP contribution is -2.08. The van der Waals surface area contributed by atoms with Gasteiger partial charge in [0.15, 0.2) is 0 Å². The van der Waals surface area contributed by atoms with Crippen LogP contribution in [0.5, 0.6) is 5.75 Å². The van der Waals surface area contributed by atoms with Crippen molar-refractivity contribution in [3.05, 3.63) is 77.7 Å². The number of hydrogen-bond donors (Lipinski definition) is 2. The predicted molar refractivity (Wildman–Crippen MR) is 133 cm³/mol. The molecular weight excluding hydrogens is 382 g/mol. The average molecular weight is 418 g/mol. The highest BCUT2D eigenvalue weighted by Gasteiger charge is 2.11. The highest BCUT2D eigenvalue weighted by Crippen LogP contribution is 2.33. The maximum absolute atomic E-state index is 7.60. The number of rotatable bonds is 10. The van der Waals surface area contributed by atoms with Crippen molar-refractivity contribution in [2.24, 2.45) is 16.6 Å². The lowest BCUT2D eigenvalue weighted by atomic mass is 9.97. The Kier molecular flexibility index (Phi) is 8.95. The van der Waals surface area contributed by atoms with Crippen LogP contribution < -0.4 is 10.5 Å². The van der Waals surface area contributed by atoms with E-state index in [2.05, 4.69) is 63.5 Å². The van der Waals surface area contributed by atoms with Gasteiger partial charge in [-0.25, -0.2) is 0 Å². The highest BCUT2D eigenvalue weighted by atomic mass is 16.5. The van der Waals surface area contributed by atoms with Gasteiger partial charge in [-0.3, -0.25) is 4.99 Å². The molecule has 2 atom stereocenters. The Morgan fingerprint density at radius 3 is 2.42 bits per heavy atom. The molecule has 0 aromatic heterocycles. The second-order valence-corrected chi connectivity index (χ2v) is 8.08. The fraction of sp³-hybridized carbons (Fsp3) is 0.333. The van der Waals surface area contributed by atoms with Crippen LogP contribution in [0.3, 0.4) is 0 Å². The van der Waals surface area contributed by atoms with Gasteiger partial charge in [0.1, 0.15) is 11.5 Å². The predicted octanol–water partition coefficient (Wildman–Crippen LogP) is 6.72. The number of aliphatic imine (C=N–C) groups is 1. The summed E-state index contributed by atoms with van der Waals surface area (Å²) in [5, 5.41) is 7.60. The molecule has 0 aliphatic carbocycles. The van der Waals surface area contributed by atoms with E-state index in [1.54, 1.807) is 0 Å². The van der Waals surface area contributed by atoms with Crippen molar-refractivity contribution < 1.29 is 4.74 Å². The summed E-state index contributed by atoms with van der Waals surface area (Å²) in [4.78, 5) is 4.67. The molecule has 31 heavy (non-hydrogen) atoms. The van der Waals surface area contributed by atoms with E-state index in [4.69, 9.17) is 15.9 Å². The van der Waals surface area contributed by atoms with Gasteiger partial charge >= 0.3 is 0 Å². The zero-order valence-corrected chi connectivity index (χ0v) is 19.4. The minimum atomic E-state index is 0.317. The van der Waals surface area contributed by atoms with Crippen molar-refractivity contribution in [2.75, 3.05) is 6.54 Å². The first kappa shape index (κ1) is 24.3. The molecule has 0 saturated heterocycles. The second-order valence-electron chi connectivity index (χ2n) is 8.08. The molecule has 164 valence electrons. The number of benzene rings is 2. The summed E-state index contributed by atoms with van der Waals surface area (Å²) in [5.41, 5.74) is 11.7. The normalized spacial score (nSPS) is 14.1. The number of hydrogen-bond acceptors (Lipinski definition) is 4.